The first-order valence-corrected chi connectivity index (χ1v) is 16.4. The molecule has 14 heteroatoms. The Balaban J connectivity index is 0.000000428. The molecule has 2 saturated carbocycles. The van der Waals surface area contributed by atoms with Gasteiger partial charge in [0.15, 0.2) is 0 Å². The van der Waals surface area contributed by atoms with Crippen LogP contribution in [0.4, 0.5) is 23.2 Å². The molecule has 0 spiro atoms. The minimum atomic E-state index is -4.68. The van der Waals surface area contributed by atoms with Gasteiger partial charge >= 0.3 is 6.18 Å². The summed E-state index contributed by atoms with van der Waals surface area (Å²) in [7, 11) is -3.35. The lowest BCUT2D eigenvalue weighted by molar-refractivity contribution is -0.137. The van der Waals surface area contributed by atoms with Crippen molar-refractivity contribution in [1.29, 1.82) is 0 Å². The van der Waals surface area contributed by atoms with E-state index in [1.807, 2.05) is 4.72 Å². The highest BCUT2D eigenvalue weighted by Gasteiger charge is 2.50. The zero-order valence-electron chi connectivity index (χ0n) is 24.6. The monoisotopic (exact) mass is 634 g/mol. The first-order valence-electron chi connectivity index (χ1n) is 14.9. The molecule has 3 N–H and O–H groups in total. The van der Waals surface area contributed by atoms with Crippen LogP contribution in [0.25, 0.3) is 0 Å². The number of sulfonamides is 1. The van der Waals surface area contributed by atoms with Crippen molar-refractivity contribution in [3.8, 4) is 0 Å². The van der Waals surface area contributed by atoms with Crippen LogP contribution in [0, 0.1) is 11.7 Å². The largest absolute Gasteiger partial charge is 0.416 e. The van der Waals surface area contributed by atoms with E-state index in [0.717, 1.165) is 25.0 Å². The van der Waals surface area contributed by atoms with Gasteiger partial charge in [-0.1, -0.05) is 39.0 Å². The molecule has 1 aromatic carbocycles. The molecule has 3 amide bonds. The molecule has 3 fully saturated rings. The number of nitrogens with one attached hydrogen (secondary N) is 3. The molecule has 43 heavy (non-hydrogen) atoms. The lowest BCUT2D eigenvalue weighted by Gasteiger charge is -2.24. The lowest BCUT2D eigenvalue weighted by atomic mass is 10.1. The number of benzene rings is 1. The molecule has 2 aliphatic carbocycles. The number of likely N-dealkylation sites (tertiary alicyclic amines) is 1. The number of carbonyl (C=O) groups excluding carboxylic acids is 3. The van der Waals surface area contributed by atoms with Gasteiger partial charge in [-0.25, -0.2) is 12.8 Å². The zero-order valence-corrected chi connectivity index (χ0v) is 25.5. The van der Waals surface area contributed by atoms with Crippen molar-refractivity contribution in [2.75, 3.05) is 18.4 Å². The number of hydrogen-bond donors (Lipinski definition) is 3. The van der Waals surface area contributed by atoms with Crippen LogP contribution in [0.5, 0.6) is 0 Å². The summed E-state index contributed by atoms with van der Waals surface area (Å²) in [5, 5.41) is 5.63. The van der Waals surface area contributed by atoms with E-state index < -0.39 is 44.3 Å². The number of unbranched alkanes of at least 4 members (excludes halogenated alkanes) is 4. The van der Waals surface area contributed by atoms with Crippen molar-refractivity contribution < 1.29 is 40.4 Å². The molecule has 0 bridgehead atoms. The number of anilines is 1. The maximum atomic E-state index is 13.6. The number of alkyl halides is 3. The quantitative estimate of drug-likeness (QED) is 0.155. The van der Waals surface area contributed by atoms with E-state index in [0.29, 0.717) is 44.2 Å². The Labute approximate surface area is 250 Å². The standard InChI is InChI=1S/C24H33F4N3O2.C5H9NO3S/c1-2-3-4-5-6-8-16-11-20(16)30-23(33)21-9-7-10-31(21)22(32)15-29-19-13-17(24(26,27)28)12-18(25)14-19;1-5(2-3-5)10(8,9)6-4-7/h12-14,16,20-21,29H,2-11,15H2,1H3,(H,30,33);4H,2-3H2,1H3,(H,6,7)/t16-,20-,21+;/m1./s1. The smallest absolute Gasteiger partial charge is 0.376 e. The summed E-state index contributed by atoms with van der Waals surface area (Å²) < 4.78 is 75.3. The van der Waals surface area contributed by atoms with Crippen LogP contribution >= 0.6 is 0 Å². The Morgan fingerprint density at radius 1 is 1.12 bits per heavy atom. The third kappa shape index (κ3) is 10.1. The second kappa shape index (κ2) is 14.7. The molecule has 3 atom stereocenters. The van der Waals surface area contributed by atoms with Crippen molar-refractivity contribution in [2.24, 2.45) is 5.92 Å². The fourth-order valence-electron chi connectivity index (χ4n) is 5.16. The van der Waals surface area contributed by atoms with Crippen LogP contribution in [0.1, 0.15) is 90.0 Å². The maximum absolute atomic E-state index is 13.6. The van der Waals surface area contributed by atoms with Crippen molar-refractivity contribution in [3.05, 3.63) is 29.6 Å². The predicted octanol–water partition coefficient (Wildman–Crippen LogP) is 4.73. The second-order valence-corrected chi connectivity index (χ2v) is 14.1. The van der Waals surface area contributed by atoms with Gasteiger partial charge in [-0.3, -0.25) is 19.1 Å². The molecule has 0 unspecified atom stereocenters. The van der Waals surface area contributed by atoms with Crippen LogP contribution < -0.4 is 15.4 Å². The van der Waals surface area contributed by atoms with Gasteiger partial charge in [-0.05, 0) is 69.6 Å². The Hall–Kier alpha value is -2.90. The highest BCUT2D eigenvalue weighted by atomic mass is 32.2. The fourth-order valence-corrected chi connectivity index (χ4v) is 6.21. The van der Waals surface area contributed by atoms with E-state index in [4.69, 9.17) is 0 Å². The van der Waals surface area contributed by atoms with Gasteiger partial charge in [-0.2, -0.15) is 13.2 Å². The number of amides is 3. The van der Waals surface area contributed by atoms with E-state index >= 15 is 0 Å². The first kappa shape index (κ1) is 34.6. The Morgan fingerprint density at radius 3 is 2.44 bits per heavy atom. The lowest BCUT2D eigenvalue weighted by Crippen LogP contribution is -2.48. The van der Waals surface area contributed by atoms with Gasteiger partial charge < -0.3 is 15.5 Å². The molecule has 242 valence electrons. The van der Waals surface area contributed by atoms with Crippen LogP contribution in [0.3, 0.4) is 0 Å². The molecule has 1 aromatic rings. The number of halogens is 4. The van der Waals surface area contributed by atoms with Gasteiger partial charge in [0, 0.05) is 18.3 Å². The summed E-state index contributed by atoms with van der Waals surface area (Å²) in [4.78, 5) is 36.7. The van der Waals surface area contributed by atoms with E-state index in [9.17, 15) is 40.4 Å². The third-order valence-electron chi connectivity index (χ3n) is 8.28. The number of nitrogens with zero attached hydrogens (tertiary/aromatic N) is 1. The Morgan fingerprint density at radius 2 is 1.81 bits per heavy atom. The van der Waals surface area contributed by atoms with E-state index in [1.54, 1.807) is 6.92 Å². The van der Waals surface area contributed by atoms with Crippen LogP contribution in [0.2, 0.25) is 0 Å². The molecule has 0 radical (unpaired) electrons. The minimum Gasteiger partial charge on any atom is -0.376 e. The molecular formula is C29H42F4N4O5S. The fraction of sp³-hybridized carbons (Fsp3) is 0.690. The molecule has 9 nitrogen and oxygen atoms in total. The van der Waals surface area contributed by atoms with Crippen LogP contribution in [-0.4, -0.2) is 61.5 Å². The maximum Gasteiger partial charge on any atom is 0.416 e. The van der Waals surface area contributed by atoms with Gasteiger partial charge in [0.05, 0.1) is 16.9 Å². The Kier molecular flexibility index (Phi) is 11.8. The van der Waals surface area contributed by atoms with Crippen molar-refractivity contribution >= 4 is 33.9 Å². The van der Waals surface area contributed by atoms with Gasteiger partial charge in [-0.15, -0.1) is 0 Å². The average Bonchev–Trinajstić information content (AvgIpc) is 3.81. The van der Waals surface area contributed by atoms with Crippen molar-refractivity contribution in [2.45, 2.75) is 107 Å². The van der Waals surface area contributed by atoms with Gasteiger partial charge in [0.25, 0.3) is 0 Å². The Bertz CT molecular complexity index is 1240. The summed E-state index contributed by atoms with van der Waals surface area (Å²) in [5.41, 5.74) is -1.25. The minimum absolute atomic E-state index is 0.129. The average molecular weight is 635 g/mol. The van der Waals surface area contributed by atoms with E-state index in [1.165, 1.54) is 37.0 Å². The summed E-state index contributed by atoms with van der Waals surface area (Å²) in [6.07, 6.45) is 6.27. The van der Waals surface area contributed by atoms with Crippen molar-refractivity contribution in [3.63, 3.8) is 0 Å². The SMILES string of the molecule is CC1(S(=O)(=O)NC=O)CC1.CCCCCCC[C@@H]1C[C@H]1NC(=O)[C@@H]1CCCN1C(=O)CNc1cc(F)cc(C(F)(F)F)c1. The summed E-state index contributed by atoms with van der Waals surface area (Å²) in [6, 6.07) is 1.69. The molecule has 0 aromatic heterocycles. The van der Waals surface area contributed by atoms with Crippen LogP contribution in [0.15, 0.2) is 18.2 Å². The molecule has 3 aliphatic rings. The second-order valence-electron chi connectivity index (χ2n) is 11.8. The van der Waals surface area contributed by atoms with Crippen LogP contribution in [-0.2, 0) is 30.6 Å². The normalized spacial score (nSPS) is 22.2. The predicted molar refractivity (Wildman–Crippen MR) is 154 cm³/mol. The highest BCUT2D eigenvalue weighted by Crippen LogP contribution is 2.42. The topological polar surface area (TPSA) is 125 Å². The molecule has 1 heterocycles. The third-order valence-corrected chi connectivity index (χ3v) is 10.4. The van der Waals surface area contributed by atoms with E-state index in [2.05, 4.69) is 17.6 Å². The van der Waals surface area contributed by atoms with E-state index in [-0.39, 0.29) is 30.6 Å². The molecule has 1 aliphatic heterocycles. The number of hydrogen-bond acceptors (Lipinski definition) is 6. The molecular weight excluding hydrogens is 592 g/mol. The zero-order chi connectivity index (χ0) is 31.8. The van der Waals surface area contributed by atoms with Gasteiger partial charge in [0.1, 0.15) is 11.9 Å². The first-order chi connectivity index (χ1) is 20.2. The number of carbonyl (C=O) groups is 3. The molecule has 1 saturated heterocycles. The van der Waals surface area contributed by atoms with Gasteiger partial charge in [0.2, 0.25) is 28.2 Å². The summed E-state index contributed by atoms with van der Waals surface area (Å²) in [6.45, 7) is 3.92. The molecule has 4 rings (SSSR count). The summed E-state index contributed by atoms with van der Waals surface area (Å²) in [5.74, 6) is -1.08. The number of rotatable bonds is 14. The van der Waals surface area contributed by atoms with Crippen molar-refractivity contribution in [1.82, 2.24) is 14.9 Å². The summed E-state index contributed by atoms with van der Waals surface area (Å²) >= 11 is 0. The highest BCUT2D eigenvalue weighted by molar-refractivity contribution is 7.91.